The molecule has 3 aromatic rings. The molecule has 0 aliphatic carbocycles. The molecule has 8 heteroatoms. The Morgan fingerprint density at radius 2 is 2.03 bits per heavy atom. The van der Waals surface area contributed by atoms with Crippen molar-refractivity contribution in [3.8, 4) is 0 Å². The number of ether oxygens (including phenoxy) is 1. The summed E-state index contributed by atoms with van der Waals surface area (Å²) in [5.41, 5.74) is 0.817. The minimum Gasteiger partial charge on any atom is -0.376 e. The Hall–Kier alpha value is -3.13. The third kappa shape index (κ3) is 5.14. The molecule has 4 rings (SSSR count). The van der Waals surface area contributed by atoms with Gasteiger partial charge in [-0.05, 0) is 48.7 Å². The van der Waals surface area contributed by atoms with Gasteiger partial charge in [-0.2, -0.15) is 0 Å². The topological polar surface area (TPSA) is 47.4 Å². The van der Waals surface area contributed by atoms with Gasteiger partial charge >= 0.3 is 0 Å². The Balaban J connectivity index is 1.56. The molecule has 0 unspecified atom stereocenters. The fourth-order valence-electron chi connectivity index (χ4n) is 3.70. The molecule has 0 N–H and O–H groups in total. The van der Waals surface area contributed by atoms with Crippen LogP contribution in [0, 0.1) is 17.5 Å². The Bertz CT molecular complexity index is 1060. The highest BCUT2D eigenvalue weighted by atomic mass is 19.2. The van der Waals surface area contributed by atoms with Crippen LogP contribution in [0.2, 0.25) is 0 Å². The molecule has 0 radical (unpaired) electrons. The van der Waals surface area contributed by atoms with Crippen LogP contribution >= 0.6 is 0 Å². The number of carbonyl (C=O) groups is 1. The molecule has 0 bridgehead atoms. The predicted octanol–water partition coefficient (Wildman–Crippen LogP) is 4.17. The SMILES string of the molecule is O=C(c1cccc(F)c1)N(Cc1nccn1Cc1ccc(F)c(F)c1)C[C@H]1CCCO1. The van der Waals surface area contributed by atoms with E-state index >= 15 is 0 Å². The van der Waals surface area contributed by atoms with E-state index in [1.54, 1.807) is 27.9 Å². The van der Waals surface area contributed by atoms with Crippen LogP contribution in [0.3, 0.4) is 0 Å². The van der Waals surface area contributed by atoms with E-state index in [4.69, 9.17) is 4.74 Å². The van der Waals surface area contributed by atoms with Gasteiger partial charge in [-0.3, -0.25) is 4.79 Å². The Morgan fingerprint density at radius 1 is 1.16 bits per heavy atom. The number of imidazole rings is 1. The van der Waals surface area contributed by atoms with E-state index in [0.717, 1.165) is 25.0 Å². The van der Waals surface area contributed by atoms with Gasteiger partial charge in [0.15, 0.2) is 11.6 Å². The maximum absolute atomic E-state index is 13.7. The monoisotopic (exact) mass is 429 g/mol. The van der Waals surface area contributed by atoms with Gasteiger partial charge in [-0.25, -0.2) is 18.2 Å². The highest BCUT2D eigenvalue weighted by Gasteiger charge is 2.25. The third-order valence-electron chi connectivity index (χ3n) is 5.28. The molecular formula is C23H22F3N3O2. The summed E-state index contributed by atoms with van der Waals surface area (Å²) in [6, 6.07) is 9.29. The summed E-state index contributed by atoms with van der Waals surface area (Å²) in [5.74, 6) is -2.05. The molecule has 2 heterocycles. The molecule has 1 saturated heterocycles. The smallest absolute Gasteiger partial charge is 0.254 e. The first-order chi connectivity index (χ1) is 15.0. The van der Waals surface area contributed by atoms with E-state index in [2.05, 4.69) is 4.98 Å². The number of aromatic nitrogens is 2. The fraction of sp³-hybridized carbons (Fsp3) is 0.304. The number of hydrogen-bond acceptors (Lipinski definition) is 3. The highest BCUT2D eigenvalue weighted by Crippen LogP contribution is 2.18. The van der Waals surface area contributed by atoms with E-state index in [0.29, 0.717) is 24.5 Å². The van der Waals surface area contributed by atoms with Gasteiger partial charge in [-0.1, -0.05) is 12.1 Å². The molecule has 1 fully saturated rings. The molecule has 0 spiro atoms. The average Bonchev–Trinajstić information content (AvgIpc) is 3.42. The van der Waals surface area contributed by atoms with Crippen LogP contribution in [0.4, 0.5) is 13.2 Å². The maximum Gasteiger partial charge on any atom is 0.254 e. The summed E-state index contributed by atoms with van der Waals surface area (Å²) in [5, 5.41) is 0. The number of amides is 1. The van der Waals surface area contributed by atoms with Gasteiger partial charge in [0, 0.05) is 37.7 Å². The van der Waals surface area contributed by atoms with Crippen LogP contribution in [0.1, 0.15) is 34.6 Å². The zero-order valence-corrected chi connectivity index (χ0v) is 16.8. The van der Waals surface area contributed by atoms with Gasteiger partial charge in [0.2, 0.25) is 0 Å². The van der Waals surface area contributed by atoms with Crippen molar-refractivity contribution in [3.05, 3.63) is 89.3 Å². The Morgan fingerprint density at radius 3 is 2.77 bits per heavy atom. The molecule has 0 saturated carbocycles. The Labute approximate surface area is 178 Å². The van der Waals surface area contributed by atoms with Crippen molar-refractivity contribution >= 4 is 5.91 Å². The largest absolute Gasteiger partial charge is 0.376 e. The standard InChI is InChI=1S/C23H22F3N3O2/c24-18-4-1-3-17(12-18)23(30)29(14-19-5-2-10-31-19)15-22-27-8-9-28(22)13-16-6-7-20(25)21(26)11-16/h1,3-4,6-9,11-12,19H,2,5,10,13-15H2/t19-/m1/s1. The molecule has 5 nitrogen and oxygen atoms in total. The number of rotatable bonds is 7. The molecule has 1 aliphatic heterocycles. The first kappa shape index (κ1) is 21.1. The normalized spacial score (nSPS) is 15.9. The Kier molecular flexibility index (Phi) is 6.36. The van der Waals surface area contributed by atoms with Gasteiger partial charge in [0.05, 0.1) is 12.6 Å². The van der Waals surface area contributed by atoms with Gasteiger partial charge in [-0.15, -0.1) is 0 Å². The maximum atomic E-state index is 13.7. The van der Waals surface area contributed by atoms with Crippen molar-refractivity contribution in [2.75, 3.05) is 13.2 Å². The predicted molar refractivity (Wildman–Crippen MR) is 108 cm³/mol. The number of halogens is 3. The molecule has 31 heavy (non-hydrogen) atoms. The van der Waals surface area contributed by atoms with Crippen molar-refractivity contribution in [2.24, 2.45) is 0 Å². The average molecular weight is 429 g/mol. The summed E-state index contributed by atoms with van der Waals surface area (Å²) in [4.78, 5) is 19.1. The third-order valence-corrected chi connectivity index (χ3v) is 5.28. The van der Waals surface area contributed by atoms with Gasteiger partial charge in [0.25, 0.3) is 5.91 Å². The van der Waals surface area contributed by atoms with Crippen molar-refractivity contribution in [1.82, 2.24) is 14.5 Å². The summed E-state index contributed by atoms with van der Waals surface area (Å²) < 4.78 is 47.9. The fourth-order valence-corrected chi connectivity index (χ4v) is 3.70. The van der Waals surface area contributed by atoms with Crippen LogP contribution in [0.5, 0.6) is 0 Å². The molecule has 162 valence electrons. The number of carbonyl (C=O) groups excluding carboxylic acids is 1. The summed E-state index contributed by atoms with van der Waals surface area (Å²) in [6.07, 6.45) is 4.99. The first-order valence-electron chi connectivity index (χ1n) is 10.1. The minimum atomic E-state index is -0.916. The lowest BCUT2D eigenvalue weighted by molar-refractivity contribution is 0.0498. The highest BCUT2D eigenvalue weighted by molar-refractivity contribution is 5.94. The second kappa shape index (κ2) is 9.34. The van der Waals surface area contributed by atoms with Crippen LogP contribution in [-0.2, 0) is 17.8 Å². The van der Waals surface area contributed by atoms with E-state index in [1.807, 2.05) is 0 Å². The quantitative estimate of drug-likeness (QED) is 0.567. The molecule has 1 amide bonds. The molecule has 1 aromatic heterocycles. The van der Waals surface area contributed by atoms with E-state index < -0.39 is 17.5 Å². The van der Waals surface area contributed by atoms with E-state index in [1.165, 1.54) is 24.3 Å². The molecule has 1 atom stereocenters. The zero-order chi connectivity index (χ0) is 21.8. The van der Waals surface area contributed by atoms with E-state index in [-0.39, 0.29) is 30.7 Å². The number of benzene rings is 2. The summed E-state index contributed by atoms with van der Waals surface area (Å²) >= 11 is 0. The summed E-state index contributed by atoms with van der Waals surface area (Å²) in [7, 11) is 0. The lowest BCUT2D eigenvalue weighted by atomic mass is 10.1. The van der Waals surface area contributed by atoms with Crippen LogP contribution in [-0.4, -0.2) is 39.6 Å². The summed E-state index contributed by atoms with van der Waals surface area (Å²) in [6.45, 7) is 1.45. The molecule has 2 aromatic carbocycles. The zero-order valence-electron chi connectivity index (χ0n) is 16.8. The molecule has 1 aliphatic rings. The molecular weight excluding hydrogens is 407 g/mol. The number of hydrogen-bond donors (Lipinski definition) is 0. The minimum absolute atomic E-state index is 0.0906. The van der Waals surface area contributed by atoms with Crippen molar-refractivity contribution in [1.29, 1.82) is 0 Å². The van der Waals surface area contributed by atoms with Crippen molar-refractivity contribution in [2.45, 2.75) is 32.0 Å². The second-order valence-electron chi connectivity index (χ2n) is 7.55. The lowest BCUT2D eigenvalue weighted by Crippen LogP contribution is -2.37. The van der Waals surface area contributed by atoms with E-state index in [9.17, 15) is 18.0 Å². The van der Waals surface area contributed by atoms with Crippen molar-refractivity contribution in [3.63, 3.8) is 0 Å². The first-order valence-corrected chi connectivity index (χ1v) is 10.1. The van der Waals surface area contributed by atoms with Crippen LogP contribution in [0.25, 0.3) is 0 Å². The van der Waals surface area contributed by atoms with Crippen LogP contribution in [0.15, 0.2) is 54.9 Å². The van der Waals surface area contributed by atoms with Crippen LogP contribution < -0.4 is 0 Å². The lowest BCUT2D eigenvalue weighted by Gasteiger charge is -2.26. The number of nitrogens with zero attached hydrogens (tertiary/aromatic N) is 3. The van der Waals surface area contributed by atoms with Gasteiger partial charge < -0.3 is 14.2 Å². The van der Waals surface area contributed by atoms with Crippen molar-refractivity contribution < 1.29 is 22.7 Å². The van der Waals surface area contributed by atoms with Gasteiger partial charge in [0.1, 0.15) is 11.6 Å². The second-order valence-corrected chi connectivity index (χ2v) is 7.55.